The molecule has 2 aliphatic rings. The number of hydrogen-bond donors (Lipinski definition) is 1. The predicted octanol–water partition coefficient (Wildman–Crippen LogP) is 4.36. The lowest BCUT2D eigenvalue weighted by atomic mass is 10.2. The van der Waals surface area contributed by atoms with Crippen molar-refractivity contribution in [1.29, 1.82) is 0 Å². The Balaban J connectivity index is 1.24. The van der Waals surface area contributed by atoms with Gasteiger partial charge in [-0.25, -0.2) is 9.97 Å². The van der Waals surface area contributed by atoms with Gasteiger partial charge >= 0.3 is 0 Å². The highest BCUT2D eigenvalue weighted by Gasteiger charge is 2.27. The van der Waals surface area contributed by atoms with E-state index in [0.717, 1.165) is 48.5 Å². The minimum Gasteiger partial charge on any atom is -0.307 e. The number of thiophene rings is 1. The summed E-state index contributed by atoms with van der Waals surface area (Å²) < 4.78 is 18.5. The Hall–Kier alpha value is -3.40. The van der Waals surface area contributed by atoms with Crippen LogP contribution in [0.5, 0.6) is 0 Å². The van der Waals surface area contributed by atoms with Crippen molar-refractivity contribution in [3.8, 4) is 16.5 Å². The van der Waals surface area contributed by atoms with Crippen LogP contribution in [0.4, 0.5) is 10.2 Å². The fourth-order valence-corrected chi connectivity index (χ4v) is 4.93. The molecule has 1 aliphatic heterocycles. The van der Waals surface area contributed by atoms with Crippen LogP contribution in [-0.2, 0) is 6.42 Å². The molecule has 1 saturated carbocycles. The molecule has 10 heteroatoms. The van der Waals surface area contributed by atoms with Crippen LogP contribution in [0.15, 0.2) is 36.8 Å². The number of anilines is 1. The van der Waals surface area contributed by atoms with Gasteiger partial charge in [-0.05, 0) is 44.4 Å². The number of aryl methyl sites for hydroxylation is 1. The topological polar surface area (TPSA) is 90.5 Å². The van der Waals surface area contributed by atoms with E-state index in [4.69, 9.17) is 0 Å². The van der Waals surface area contributed by atoms with Crippen molar-refractivity contribution in [2.24, 2.45) is 0 Å². The fourth-order valence-electron chi connectivity index (χ4n) is 4.10. The Kier molecular flexibility index (Phi) is 4.42. The van der Waals surface area contributed by atoms with Crippen LogP contribution in [0, 0.1) is 5.13 Å². The molecule has 0 spiro atoms. The number of nitrogens with zero attached hydrogens (tertiary/aromatic N) is 6. The van der Waals surface area contributed by atoms with E-state index in [0.29, 0.717) is 34.3 Å². The maximum absolute atomic E-state index is 14.6. The van der Waals surface area contributed by atoms with Crippen molar-refractivity contribution < 1.29 is 9.18 Å². The second kappa shape index (κ2) is 7.33. The van der Waals surface area contributed by atoms with Gasteiger partial charge in [0, 0.05) is 24.6 Å². The molecule has 1 amide bonds. The maximum atomic E-state index is 14.6. The number of carbonyl (C=O) groups is 1. The third-order valence-electron chi connectivity index (χ3n) is 5.98. The fraction of sp³-hybridized carbons (Fsp3) is 0.318. The summed E-state index contributed by atoms with van der Waals surface area (Å²) in [5, 5.41) is 11.3. The van der Waals surface area contributed by atoms with Crippen molar-refractivity contribution in [1.82, 2.24) is 29.3 Å². The Morgan fingerprint density at radius 1 is 1.25 bits per heavy atom. The zero-order valence-electron chi connectivity index (χ0n) is 17.3. The third-order valence-corrected chi connectivity index (χ3v) is 6.92. The van der Waals surface area contributed by atoms with Gasteiger partial charge in [0.15, 0.2) is 11.0 Å². The van der Waals surface area contributed by atoms with Crippen molar-refractivity contribution >= 4 is 23.1 Å². The lowest BCUT2D eigenvalue weighted by molar-refractivity contribution is 0.102. The Morgan fingerprint density at radius 3 is 2.97 bits per heavy atom. The molecule has 0 saturated heterocycles. The summed E-state index contributed by atoms with van der Waals surface area (Å²) >= 11 is 0.920. The van der Waals surface area contributed by atoms with Crippen LogP contribution < -0.4 is 5.32 Å². The summed E-state index contributed by atoms with van der Waals surface area (Å²) in [5.74, 6) is 1.92. The van der Waals surface area contributed by atoms with Gasteiger partial charge in [-0.15, -0.1) is 10.2 Å². The summed E-state index contributed by atoms with van der Waals surface area (Å²) in [6, 6.07) is 7.15. The van der Waals surface area contributed by atoms with Crippen molar-refractivity contribution in [3.05, 3.63) is 59.0 Å². The van der Waals surface area contributed by atoms with Gasteiger partial charge in [0.1, 0.15) is 28.7 Å². The minimum absolute atomic E-state index is 0.0177. The van der Waals surface area contributed by atoms with Crippen LogP contribution in [0.25, 0.3) is 16.5 Å². The Bertz CT molecular complexity index is 1340. The van der Waals surface area contributed by atoms with Crippen molar-refractivity contribution in [2.75, 3.05) is 5.32 Å². The number of fused-ring (bicyclic) bond motifs is 1. The monoisotopic (exact) mass is 449 g/mol. The van der Waals surface area contributed by atoms with Crippen LogP contribution >= 0.6 is 11.3 Å². The highest BCUT2D eigenvalue weighted by molar-refractivity contribution is 7.13. The second-order valence-electron chi connectivity index (χ2n) is 8.31. The van der Waals surface area contributed by atoms with Crippen LogP contribution in [0.3, 0.4) is 0 Å². The molecular formula is C22H20FN7OS. The first kappa shape index (κ1) is 19.3. The zero-order valence-corrected chi connectivity index (χ0v) is 18.1. The van der Waals surface area contributed by atoms with E-state index >= 15 is 0 Å². The third kappa shape index (κ3) is 3.31. The summed E-state index contributed by atoms with van der Waals surface area (Å²) in [5.41, 5.74) is 1.61. The SMILES string of the molecule is C[C@H]1CCc2nnc(-c3cccc(NC(=O)c4cc(-n5cnc(C6CC6)c5)sc4F)n3)n21. The molecule has 0 unspecified atom stereocenters. The molecule has 8 nitrogen and oxygen atoms in total. The van der Waals surface area contributed by atoms with Gasteiger partial charge in [-0.1, -0.05) is 17.4 Å². The first-order valence-electron chi connectivity index (χ1n) is 10.6. The molecule has 5 heterocycles. The highest BCUT2D eigenvalue weighted by atomic mass is 32.1. The molecule has 0 aromatic carbocycles. The standard InChI is InChI=1S/C22H20FN7OS/c1-12-5-8-18-27-28-21(30(12)18)15-3-2-4-17(25-15)26-22(31)14-9-19(32-20(14)23)29-10-16(24-11-29)13-6-7-13/h2-4,9-13H,5-8H2,1H3,(H,25,26,31)/t12-/m0/s1. The molecule has 0 radical (unpaired) electrons. The van der Waals surface area contributed by atoms with Crippen LogP contribution in [-0.4, -0.2) is 35.2 Å². The number of hydrogen-bond acceptors (Lipinski definition) is 6. The van der Waals surface area contributed by atoms with Crippen LogP contribution in [0.2, 0.25) is 0 Å². The van der Waals surface area contributed by atoms with Crippen molar-refractivity contribution in [2.45, 2.75) is 44.6 Å². The van der Waals surface area contributed by atoms with E-state index in [9.17, 15) is 9.18 Å². The molecular weight excluding hydrogens is 429 g/mol. The number of rotatable bonds is 5. The van der Waals surface area contributed by atoms with E-state index < -0.39 is 11.0 Å². The normalized spacial score (nSPS) is 17.5. The molecule has 4 aromatic rings. The van der Waals surface area contributed by atoms with E-state index in [1.807, 2.05) is 12.3 Å². The summed E-state index contributed by atoms with van der Waals surface area (Å²) in [6.45, 7) is 2.12. The molecule has 1 fully saturated rings. The lowest BCUT2D eigenvalue weighted by Gasteiger charge is -2.10. The van der Waals surface area contributed by atoms with Gasteiger partial charge in [0.05, 0.1) is 11.3 Å². The molecule has 1 atom stereocenters. The molecule has 0 bridgehead atoms. The lowest BCUT2D eigenvalue weighted by Crippen LogP contribution is -2.14. The average molecular weight is 450 g/mol. The van der Waals surface area contributed by atoms with Crippen LogP contribution in [0.1, 0.15) is 60.0 Å². The summed E-state index contributed by atoms with van der Waals surface area (Å²) in [4.78, 5) is 21.7. The number of aromatic nitrogens is 6. The van der Waals surface area contributed by atoms with Gasteiger partial charge in [0.2, 0.25) is 0 Å². The van der Waals surface area contributed by atoms with Gasteiger partial charge in [-0.3, -0.25) is 9.36 Å². The Labute approximate surface area is 187 Å². The van der Waals surface area contributed by atoms with E-state index in [1.54, 1.807) is 29.1 Å². The first-order valence-corrected chi connectivity index (χ1v) is 11.4. The molecule has 6 rings (SSSR count). The molecule has 4 aromatic heterocycles. The Morgan fingerprint density at radius 2 is 2.12 bits per heavy atom. The number of imidazole rings is 1. The largest absolute Gasteiger partial charge is 0.307 e. The quantitative estimate of drug-likeness (QED) is 0.489. The highest BCUT2D eigenvalue weighted by Crippen LogP contribution is 2.39. The first-order chi connectivity index (χ1) is 15.6. The van der Waals surface area contributed by atoms with Gasteiger partial charge in [-0.2, -0.15) is 4.39 Å². The second-order valence-corrected chi connectivity index (χ2v) is 9.29. The number of carbonyl (C=O) groups excluding carboxylic acids is 1. The molecule has 162 valence electrons. The maximum Gasteiger partial charge on any atom is 0.260 e. The van der Waals surface area contributed by atoms with E-state index in [1.165, 1.54) is 0 Å². The number of pyridine rings is 1. The smallest absolute Gasteiger partial charge is 0.260 e. The van der Waals surface area contributed by atoms with Gasteiger partial charge < -0.3 is 9.88 Å². The van der Waals surface area contributed by atoms with Crippen molar-refractivity contribution in [3.63, 3.8) is 0 Å². The predicted molar refractivity (Wildman–Crippen MR) is 118 cm³/mol. The number of nitrogens with one attached hydrogen (secondary N) is 1. The van der Waals surface area contributed by atoms with Gasteiger partial charge in [0.25, 0.3) is 5.91 Å². The summed E-state index contributed by atoms with van der Waals surface area (Å²) in [7, 11) is 0. The average Bonchev–Trinajstić information content (AvgIpc) is 3.13. The van der Waals surface area contributed by atoms with E-state index in [2.05, 4.69) is 37.0 Å². The molecule has 1 N–H and O–H groups in total. The minimum atomic E-state index is -0.544. The van der Waals surface area contributed by atoms with E-state index in [-0.39, 0.29) is 5.56 Å². The summed E-state index contributed by atoms with van der Waals surface area (Å²) in [6.07, 6.45) is 7.78. The molecule has 32 heavy (non-hydrogen) atoms. The number of halogens is 1. The zero-order chi connectivity index (χ0) is 21.8. The number of amides is 1. The molecule has 1 aliphatic carbocycles.